The average molecular weight is 273 g/mol. The normalized spacial score (nSPS) is 15.0. The Kier molecular flexibility index (Phi) is 2.79. The number of amides is 2. The second kappa shape index (κ2) is 4.47. The molecule has 1 unspecified atom stereocenters. The first-order valence-corrected chi connectivity index (χ1v) is 6.74. The lowest BCUT2D eigenvalue weighted by atomic mass is 10.1. The fourth-order valence-electron chi connectivity index (χ4n) is 2.02. The fraction of sp³-hybridized carbons (Fsp3) is 0.154. The number of hydrogen-bond acceptors (Lipinski definition) is 5. The summed E-state index contributed by atoms with van der Waals surface area (Å²) < 4.78 is 0. The van der Waals surface area contributed by atoms with Gasteiger partial charge < -0.3 is 5.32 Å². The zero-order valence-electron chi connectivity index (χ0n) is 10.1. The Morgan fingerprint density at radius 2 is 2.05 bits per heavy atom. The quantitative estimate of drug-likeness (QED) is 0.841. The van der Waals surface area contributed by atoms with Crippen molar-refractivity contribution >= 4 is 28.8 Å². The van der Waals surface area contributed by atoms with Crippen LogP contribution in [0.15, 0.2) is 29.1 Å². The van der Waals surface area contributed by atoms with E-state index in [1.54, 1.807) is 23.7 Å². The number of fused-ring (bicyclic) bond motifs is 1. The molecule has 6 heteroatoms. The Morgan fingerprint density at radius 3 is 2.79 bits per heavy atom. The third kappa shape index (κ3) is 2.10. The van der Waals surface area contributed by atoms with Crippen LogP contribution in [-0.2, 0) is 0 Å². The number of rotatable bonds is 3. The molecule has 96 valence electrons. The van der Waals surface area contributed by atoms with E-state index in [2.05, 4.69) is 15.6 Å². The van der Waals surface area contributed by atoms with Crippen LogP contribution in [0.2, 0.25) is 0 Å². The minimum atomic E-state index is -0.343. The molecule has 0 spiro atoms. The molecule has 1 aliphatic heterocycles. The van der Waals surface area contributed by atoms with Gasteiger partial charge in [-0.1, -0.05) is 0 Å². The highest BCUT2D eigenvalue weighted by Gasteiger charge is 2.26. The van der Waals surface area contributed by atoms with E-state index in [1.165, 1.54) is 11.3 Å². The number of aromatic nitrogens is 1. The molecule has 0 saturated carbocycles. The average Bonchev–Trinajstić information content (AvgIpc) is 2.99. The molecular formula is C13H11N3O2S. The number of nitrogens with zero attached hydrogens (tertiary/aromatic N) is 1. The van der Waals surface area contributed by atoms with Gasteiger partial charge in [0.05, 0.1) is 28.4 Å². The SMILES string of the molecule is CC(Nc1ccc2c(c1)C(=O)NC2=O)c1cscn1. The largest absolute Gasteiger partial charge is 0.377 e. The van der Waals surface area contributed by atoms with Crippen LogP contribution in [0.4, 0.5) is 5.69 Å². The predicted molar refractivity (Wildman–Crippen MR) is 72.4 cm³/mol. The van der Waals surface area contributed by atoms with Gasteiger partial charge in [-0.25, -0.2) is 4.98 Å². The Morgan fingerprint density at radius 1 is 1.26 bits per heavy atom. The van der Waals surface area contributed by atoms with Crippen molar-refractivity contribution in [2.45, 2.75) is 13.0 Å². The van der Waals surface area contributed by atoms with Crippen molar-refractivity contribution in [3.63, 3.8) is 0 Å². The van der Waals surface area contributed by atoms with Gasteiger partial charge in [0.15, 0.2) is 0 Å². The summed E-state index contributed by atoms with van der Waals surface area (Å²) in [4.78, 5) is 27.2. The number of benzene rings is 1. The summed E-state index contributed by atoms with van der Waals surface area (Å²) in [6, 6.07) is 5.19. The molecular weight excluding hydrogens is 262 g/mol. The molecule has 0 fully saturated rings. The maximum atomic E-state index is 11.6. The summed E-state index contributed by atoms with van der Waals surface area (Å²) in [7, 11) is 0. The van der Waals surface area contributed by atoms with E-state index in [0.717, 1.165) is 11.4 Å². The minimum Gasteiger partial charge on any atom is -0.377 e. The third-order valence-corrected chi connectivity index (χ3v) is 3.62. The highest BCUT2D eigenvalue weighted by molar-refractivity contribution is 7.07. The van der Waals surface area contributed by atoms with E-state index < -0.39 is 0 Å². The van der Waals surface area contributed by atoms with E-state index in [0.29, 0.717) is 11.1 Å². The van der Waals surface area contributed by atoms with Crippen LogP contribution in [-0.4, -0.2) is 16.8 Å². The number of imide groups is 1. The molecule has 2 N–H and O–H groups in total. The van der Waals surface area contributed by atoms with Gasteiger partial charge in [0.25, 0.3) is 11.8 Å². The van der Waals surface area contributed by atoms with Crippen molar-refractivity contribution < 1.29 is 9.59 Å². The second-order valence-corrected chi connectivity index (χ2v) is 5.04. The zero-order chi connectivity index (χ0) is 13.4. The lowest BCUT2D eigenvalue weighted by molar-refractivity contribution is 0.0879. The van der Waals surface area contributed by atoms with Crippen molar-refractivity contribution in [1.82, 2.24) is 10.3 Å². The van der Waals surface area contributed by atoms with Crippen molar-refractivity contribution in [1.29, 1.82) is 0 Å². The molecule has 1 aromatic heterocycles. The van der Waals surface area contributed by atoms with Gasteiger partial charge in [-0.05, 0) is 25.1 Å². The first-order chi connectivity index (χ1) is 9.15. The Labute approximate surface area is 113 Å². The lowest BCUT2D eigenvalue weighted by Crippen LogP contribution is -2.19. The fourth-order valence-corrected chi connectivity index (χ4v) is 2.67. The molecule has 1 atom stereocenters. The minimum absolute atomic E-state index is 0.0458. The summed E-state index contributed by atoms with van der Waals surface area (Å²) >= 11 is 1.54. The van der Waals surface area contributed by atoms with E-state index in [4.69, 9.17) is 0 Å². The predicted octanol–water partition coefficient (Wildman–Crippen LogP) is 2.20. The Bertz CT molecular complexity index is 652. The number of nitrogens with one attached hydrogen (secondary N) is 2. The lowest BCUT2D eigenvalue weighted by Gasteiger charge is -2.13. The smallest absolute Gasteiger partial charge is 0.259 e. The van der Waals surface area contributed by atoms with Gasteiger partial charge in [-0.15, -0.1) is 11.3 Å². The van der Waals surface area contributed by atoms with E-state index in [1.807, 2.05) is 12.3 Å². The first kappa shape index (κ1) is 11.9. The number of hydrogen-bond donors (Lipinski definition) is 2. The van der Waals surface area contributed by atoms with Gasteiger partial charge in [-0.3, -0.25) is 14.9 Å². The topological polar surface area (TPSA) is 71.1 Å². The zero-order valence-corrected chi connectivity index (χ0v) is 11.0. The highest BCUT2D eigenvalue weighted by atomic mass is 32.1. The summed E-state index contributed by atoms with van der Waals surface area (Å²) in [5.74, 6) is -0.677. The van der Waals surface area contributed by atoms with Gasteiger partial charge in [0.1, 0.15) is 0 Å². The van der Waals surface area contributed by atoms with Crippen molar-refractivity contribution in [3.8, 4) is 0 Å². The molecule has 5 nitrogen and oxygen atoms in total. The Hall–Kier alpha value is -2.21. The maximum Gasteiger partial charge on any atom is 0.259 e. The molecule has 3 rings (SSSR count). The number of carbonyl (C=O) groups is 2. The molecule has 0 saturated heterocycles. The van der Waals surface area contributed by atoms with Gasteiger partial charge in [0.2, 0.25) is 0 Å². The van der Waals surface area contributed by atoms with Crippen LogP contribution in [0.1, 0.15) is 39.4 Å². The van der Waals surface area contributed by atoms with E-state index in [-0.39, 0.29) is 17.9 Å². The van der Waals surface area contributed by atoms with Gasteiger partial charge >= 0.3 is 0 Å². The first-order valence-electron chi connectivity index (χ1n) is 5.79. The summed E-state index contributed by atoms with van der Waals surface area (Å²) in [5.41, 5.74) is 4.37. The van der Waals surface area contributed by atoms with Crippen molar-refractivity contribution in [2.75, 3.05) is 5.32 Å². The molecule has 0 bridgehead atoms. The Balaban J connectivity index is 1.86. The second-order valence-electron chi connectivity index (χ2n) is 4.32. The van der Waals surface area contributed by atoms with E-state index in [9.17, 15) is 9.59 Å². The van der Waals surface area contributed by atoms with Crippen molar-refractivity contribution in [2.24, 2.45) is 0 Å². The molecule has 2 aromatic rings. The van der Waals surface area contributed by atoms with E-state index >= 15 is 0 Å². The van der Waals surface area contributed by atoms with Crippen LogP contribution in [0.3, 0.4) is 0 Å². The molecule has 1 aromatic carbocycles. The van der Waals surface area contributed by atoms with Crippen LogP contribution >= 0.6 is 11.3 Å². The molecule has 2 heterocycles. The summed E-state index contributed by atoms with van der Waals surface area (Å²) in [6.07, 6.45) is 0. The van der Waals surface area contributed by atoms with Crippen LogP contribution in [0, 0.1) is 0 Å². The summed E-state index contributed by atoms with van der Waals surface area (Å²) in [6.45, 7) is 1.99. The van der Waals surface area contributed by atoms with Crippen LogP contribution in [0.25, 0.3) is 0 Å². The summed E-state index contributed by atoms with van der Waals surface area (Å²) in [5, 5.41) is 7.51. The number of anilines is 1. The monoisotopic (exact) mass is 273 g/mol. The molecule has 1 aliphatic rings. The van der Waals surface area contributed by atoms with Gasteiger partial charge in [0, 0.05) is 11.1 Å². The molecule has 19 heavy (non-hydrogen) atoms. The van der Waals surface area contributed by atoms with Crippen LogP contribution in [0.5, 0.6) is 0 Å². The standard InChI is InChI=1S/C13H11N3O2S/c1-7(11-5-19-6-14-11)15-8-2-3-9-10(4-8)13(18)16-12(9)17/h2-7,15H,1H3,(H,16,17,18). The number of thiazole rings is 1. The van der Waals surface area contributed by atoms with Crippen molar-refractivity contribution in [3.05, 3.63) is 45.9 Å². The maximum absolute atomic E-state index is 11.6. The molecule has 0 aliphatic carbocycles. The van der Waals surface area contributed by atoms with Gasteiger partial charge in [-0.2, -0.15) is 0 Å². The van der Waals surface area contributed by atoms with Crippen LogP contribution < -0.4 is 10.6 Å². The molecule has 2 amide bonds. The number of carbonyl (C=O) groups excluding carboxylic acids is 2. The third-order valence-electron chi connectivity index (χ3n) is 3.01. The highest BCUT2D eigenvalue weighted by Crippen LogP contribution is 2.23. The molecule has 0 radical (unpaired) electrons.